The standard InChI is InChI=1S/C17H26N2O3/c1-4-22-14-10-17(18,16(14,2)3)15(21)19-11-13(20)12-8-6-5-7-9-12/h5-9,13-14,20H,4,10-11,18H2,1-3H3,(H,19,21). The molecule has 0 spiro atoms. The molecule has 0 heterocycles. The van der Waals surface area contributed by atoms with Gasteiger partial charge in [-0.25, -0.2) is 0 Å². The fourth-order valence-corrected chi connectivity index (χ4v) is 2.96. The smallest absolute Gasteiger partial charge is 0.240 e. The van der Waals surface area contributed by atoms with Gasteiger partial charge >= 0.3 is 0 Å². The Morgan fingerprint density at radius 2 is 2.09 bits per heavy atom. The molecule has 2 rings (SSSR count). The maximum Gasteiger partial charge on any atom is 0.240 e. The second kappa shape index (κ2) is 6.36. The average Bonchev–Trinajstić information content (AvgIpc) is 2.52. The maximum atomic E-state index is 12.4. The minimum absolute atomic E-state index is 0.00713. The van der Waals surface area contributed by atoms with Crippen LogP contribution in [0.2, 0.25) is 0 Å². The first-order chi connectivity index (χ1) is 10.3. The van der Waals surface area contributed by atoms with Gasteiger partial charge in [-0.1, -0.05) is 44.2 Å². The zero-order chi connectivity index (χ0) is 16.4. The van der Waals surface area contributed by atoms with E-state index in [1.807, 2.05) is 51.1 Å². The number of carbonyl (C=O) groups excluding carboxylic acids is 1. The molecular formula is C17H26N2O3. The molecule has 0 radical (unpaired) electrons. The Balaban J connectivity index is 1.93. The molecule has 1 aliphatic carbocycles. The Morgan fingerprint density at radius 1 is 1.45 bits per heavy atom. The highest BCUT2D eigenvalue weighted by Crippen LogP contribution is 2.49. The van der Waals surface area contributed by atoms with Crippen LogP contribution >= 0.6 is 0 Å². The zero-order valence-electron chi connectivity index (χ0n) is 13.5. The number of benzene rings is 1. The second-order valence-corrected chi connectivity index (χ2v) is 6.48. The monoisotopic (exact) mass is 306 g/mol. The van der Waals surface area contributed by atoms with Crippen molar-refractivity contribution in [2.75, 3.05) is 13.2 Å². The first-order valence-corrected chi connectivity index (χ1v) is 7.74. The van der Waals surface area contributed by atoms with E-state index in [0.29, 0.717) is 13.0 Å². The summed E-state index contributed by atoms with van der Waals surface area (Å²) in [6.07, 6.45) is -0.242. The summed E-state index contributed by atoms with van der Waals surface area (Å²) in [4.78, 5) is 12.4. The number of rotatable bonds is 6. The van der Waals surface area contributed by atoms with Crippen LogP contribution in [0.3, 0.4) is 0 Å². The lowest BCUT2D eigenvalue weighted by atomic mass is 9.54. The van der Waals surface area contributed by atoms with Crippen LogP contribution in [-0.4, -0.2) is 35.8 Å². The fourth-order valence-electron chi connectivity index (χ4n) is 2.96. The minimum Gasteiger partial charge on any atom is -0.387 e. The number of aliphatic hydroxyl groups excluding tert-OH is 1. The summed E-state index contributed by atoms with van der Waals surface area (Å²) in [5, 5.41) is 12.9. The van der Waals surface area contributed by atoms with Crippen LogP contribution in [0.15, 0.2) is 30.3 Å². The van der Waals surface area contributed by atoms with E-state index in [-0.39, 0.29) is 18.6 Å². The zero-order valence-corrected chi connectivity index (χ0v) is 13.5. The van der Waals surface area contributed by atoms with Gasteiger partial charge in [-0.2, -0.15) is 0 Å². The van der Waals surface area contributed by atoms with Crippen molar-refractivity contribution < 1.29 is 14.6 Å². The van der Waals surface area contributed by atoms with E-state index in [9.17, 15) is 9.90 Å². The summed E-state index contributed by atoms with van der Waals surface area (Å²) in [6, 6.07) is 9.24. The third-order valence-corrected chi connectivity index (χ3v) is 4.88. The van der Waals surface area contributed by atoms with Gasteiger partial charge in [0.15, 0.2) is 0 Å². The molecule has 3 unspecified atom stereocenters. The van der Waals surface area contributed by atoms with Crippen molar-refractivity contribution in [1.82, 2.24) is 5.32 Å². The summed E-state index contributed by atoms with van der Waals surface area (Å²) < 4.78 is 5.62. The van der Waals surface area contributed by atoms with Gasteiger partial charge in [0, 0.05) is 25.0 Å². The number of nitrogens with two attached hydrogens (primary N) is 1. The largest absolute Gasteiger partial charge is 0.387 e. The molecule has 122 valence electrons. The number of hydrogen-bond donors (Lipinski definition) is 3. The molecule has 3 atom stereocenters. The Kier molecular flexibility index (Phi) is 4.90. The fraction of sp³-hybridized carbons (Fsp3) is 0.588. The van der Waals surface area contributed by atoms with Gasteiger partial charge in [-0.15, -0.1) is 0 Å². The second-order valence-electron chi connectivity index (χ2n) is 6.48. The Labute approximate surface area is 131 Å². The molecule has 5 heteroatoms. The molecule has 5 nitrogen and oxygen atoms in total. The molecule has 0 aliphatic heterocycles. The number of nitrogens with one attached hydrogen (secondary N) is 1. The van der Waals surface area contributed by atoms with Crippen LogP contribution in [0.5, 0.6) is 0 Å². The van der Waals surface area contributed by atoms with Crippen LogP contribution in [0, 0.1) is 5.41 Å². The van der Waals surface area contributed by atoms with Gasteiger partial charge in [-0.3, -0.25) is 4.79 Å². The van der Waals surface area contributed by atoms with Gasteiger partial charge in [0.1, 0.15) is 5.54 Å². The first-order valence-electron chi connectivity index (χ1n) is 7.74. The maximum absolute atomic E-state index is 12.4. The summed E-state index contributed by atoms with van der Waals surface area (Å²) in [6.45, 7) is 6.59. The van der Waals surface area contributed by atoms with E-state index in [1.165, 1.54) is 0 Å². The van der Waals surface area contributed by atoms with Crippen molar-refractivity contribution in [2.24, 2.45) is 11.1 Å². The molecular weight excluding hydrogens is 280 g/mol. The van der Waals surface area contributed by atoms with Crippen molar-refractivity contribution in [2.45, 2.75) is 44.9 Å². The Hall–Kier alpha value is -1.43. The molecule has 1 saturated carbocycles. The van der Waals surface area contributed by atoms with Crippen LogP contribution in [0.4, 0.5) is 0 Å². The SMILES string of the molecule is CCOC1CC(N)(C(=O)NCC(O)c2ccccc2)C1(C)C. The summed E-state index contributed by atoms with van der Waals surface area (Å²) in [5.41, 5.74) is 5.69. The average molecular weight is 306 g/mol. The third kappa shape index (κ3) is 2.89. The van der Waals surface area contributed by atoms with Gasteiger partial charge < -0.3 is 20.9 Å². The van der Waals surface area contributed by atoms with Crippen molar-refractivity contribution in [3.05, 3.63) is 35.9 Å². The highest BCUT2D eigenvalue weighted by molar-refractivity contribution is 5.88. The molecule has 22 heavy (non-hydrogen) atoms. The molecule has 1 aromatic rings. The van der Waals surface area contributed by atoms with Crippen molar-refractivity contribution in [3.63, 3.8) is 0 Å². The van der Waals surface area contributed by atoms with E-state index < -0.39 is 17.1 Å². The van der Waals surface area contributed by atoms with E-state index in [2.05, 4.69) is 5.32 Å². The predicted molar refractivity (Wildman–Crippen MR) is 85.1 cm³/mol. The Bertz CT molecular complexity index is 518. The van der Waals surface area contributed by atoms with Crippen molar-refractivity contribution >= 4 is 5.91 Å². The molecule has 1 amide bonds. The van der Waals surface area contributed by atoms with Crippen molar-refractivity contribution in [3.8, 4) is 0 Å². The first kappa shape index (κ1) is 16.9. The molecule has 1 aromatic carbocycles. The topological polar surface area (TPSA) is 84.6 Å². The van der Waals surface area contributed by atoms with E-state index in [4.69, 9.17) is 10.5 Å². The predicted octanol–water partition coefficient (Wildman–Crippen LogP) is 1.37. The molecule has 0 saturated heterocycles. The van der Waals surface area contributed by atoms with Crippen LogP contribution in [0.1, 0.15) is 38.9 Å². The van der Waals surface area contributed by atoms with E-state index >= 15 is 0 Å². The molecule has 1 aliphatic rings. The number of ether oxygens (including phenoxy) is 1. The van der Waals surface area contributed by atoms with E-state index in [0.717, 1.165) is 5.56 Å². The number of amides is 1. The summed E-state index contributed by atoms with van der Waals surface area (Å²) >= 11 is 0. The molecule has 0 aromatic heterocycles. The summed E-state index contributed by atoms with van der Waals surface area (Å²) in [7, 11) is 0. The van der Waals surface area contributed by atoms with Gasteiger partial charge in [0.2, 0.25) is 5.91 Å². The van der Waals surface area contributed by atoms with Crippen LogP contribution in [0.25, 0.3) is 0 Å². The number of hydrogen-bond acceptors (Lipinski definition) is 4. The minimum atomic E-state index is -0.955. The van der Waals surface area contributed by atoms with Crippen molar-refractivity contribution in [1.29, 1.82) is 0 Å². The Morgan fingerprint density at radius 3 is 2.64 bits per heavy atom. The van der Waals surface area contributed by atoms with Gasteiger partial charge in [0.25, 0.3) is 0 Å². The van der Waals surface area contributed by atoms with Crippen LogP contribution in [-0.2, 0) is 9.53 Å². The highest BCUT2D eigenvalue weighted by Gasteiger charge is 2.62. The third-order valence-electron chi connectivity index (χ3n) is 4.88. The van der Waals surface area contributed by atoms with E-state index in [1.54, 1.807) is 0 Å². The molecule has 4 N–H and O–H groups in total. The number of carbonyl (C=O) groups is 1. The quantitative estimate of drug-likeness (QED) is 0.741. The lowest BCUT2D eigenvalue weighted by molar-refractivity contribution is -0.170. The lowest BCUT2D eigenvalue weighted by Crippen LogP contribution is -2.75. The molecule has 1 fully saturated rings. The van der Waals surface area contributed by atoms with Gasteiger partial charge in [-0.05, 0) is 12.5 Å². The summed E-state index contributed by atoms with van der Waals surface area (Å²) in [5.74, 6) is -0.233. The normalized spacial score (nSPS) is 27.8. The van der Waals surface area contributed by atoms with Crippen LogP contribution < -0.4 is 11.1 Å². The lowest BCUT2D eigenvalue weighted by Gasteiger charge is -2.57. The van der Waals surface area contributed by atoms with Gasteiger partial charge in [0.05, 0.1) is 12.2 Å². The molecule has 0 bridgehead atoms. The highest BCUT2D eigenvalue weighted by atomic mass is 16.5. The number of aliphatic hydroxyl groups is 1.